The Balaban J connectivity index is 1.83. The topological polar surface area (TPSA) is 306 Å². The third-order valence-electron chi connectivity index (χ3n) is 5.55. The predicted molar refractivity (Wildman–Crippen MR) is 120 cm³/mol. The molecule has 3 rings (SSSR count). The molecule has 2 fully saturated rings. The van der Waals surface area contributed by atoms with Crippen molar-refractivity contribution in [3.63, 3.8) is 0 Å². The molecule has 1 aromatic heterocycles. The summed E-state index contributed by atoms with van der Waals surface area (Å²) in [6.07, 6.45) is -13.3. The van der Waals surface area contributed by atoms with Gasteiger partial charge in [-0.1, -0.05) is 0 Å². The number of carbonyl (C=O) groups excluding carboxylic acids is 1. The van der Waals surface area contributed by atoms with Crippen LogP contribution in [0, 0.1) is 0 Å². The van der Waals surface area contributed by atoms with Gasteiger partial charge in [0.25, 0.3) is 5.56 Å². The molecule has 20 nitrogen and oxygen atoms in total. The number of ether oxygens (including phenoxy) is 2. The van der Waals surface area contributed by atoms with E-state index < -0.39 is 101 Å². The van der Waals surface area contributed by atoms with Crippen LogP contribution >= 0.6 is 15.6 Å². The van der Waals surface area contributed by atoms with Gasteiger partial charge in [0.2, 0.25) is 5.91 Å². The number of phosphoric ester groups is 1. The number of hydrogen-bond acceptors (Lipinski definition) is 15. The molecule has 0 aliphatic carbocycles. The van der Waals surface area contributed by atoms with Crippen LogP contribution in [0.5, 0.6) is 0 Å². The Labute approximate surface area is 217 Å². The smallest absolute Gasteiger partial charge is 0.394 e. The van der Waals surface area contributed by atoms with Crippen LogP contribution < -0.4 is 16.6 Å². The van der Waals surface area contributed by atoms with Crippen LogP contribution in [-0.4, -0.2) is 113 Å². The van der Waals surface area contributed by atoms with Gasteiger partial charge in [-0.2, -0.15) is 4.31 Å². The maximum atomic E-state index is 13.2. The Morgan fingerprint density at radius 3 is 2.28 bits per heavy atom. The lowest BCUT2D eigenvalue weighted by Crippen LogP contribution is -2.64. The zero-order valence-electron chi connectivity index (χ0n) is 19.8. The summed E-state index contributed by atoms with van der Waals surface area (Å²) in [5.41, 5.74) is -1.78. The van der Waals surface area contributed by atoms with Crippen LogP contribution in [0.2, 0.25) is 0 Å². The van der Waals surface area contributed by atoms with E-state index >= 15 is 0 Å². The van der Waals surface area contributed by atoms with Crippen molar-refractivity contribution in [2.24, 2.45) is 0 Å². The van der Waals surface area contributed by atoms with Gasteiger partial charge in [-0.25, -0.2) is 13.9 Å². The van der Waals surface area contributed by atoms with Crippen molar-refractivity contribution in [2.75, 3.05) is 13.2 Å². The molecule has 0 radical (unpaired) electrons. The van der Waals surface area contributed by atoms with Crippen LogP contribution in [0.4, 0.5) is 0 Å². The first kappa shape index (κ1) is 31.7. The third-order valence-corrected chi connectivity index (χ3v) is 8.13. The Kier molecular flexibility index (Phi) is 10.0. The number of aliphatic hydroxyl groups is 5. The van der Waals surface area contributed by atoms with Crippen molar-refractivity contribution in [1.29, 1.82) is 0 Å². The number of phosphoric acid groups is 2. The zero-order valence-corrected chi connectivity index (χ0v) is 21.6. The van der Waals surface area contributed by atoms with Crippen molar-refractivity contribution in [2.45, 2.75) is 62.1 Å². The van der Waals surface area contributed by atoms with E-state index in [9.17, 15) is 58.8 Å². The van der Waals surface area contributed by atoms with E-state index in [0.29, 0.717) is 4.57 Å². The van der Waals surface area contributed by atoms with Gasteiger partial charge < -0.3 is 50.1 Å². The van der Waals surface area contributed by atoms with Crippen LogP contribution in [0.15, 0.2) is 21.9 Å². The van der Waals surface area contributed by atoms with Gasteiger partial charge in [-0.3, -0.25) is 28.2 Å². The number of rotatable bonds is 10. The zero-order chi connectivity index (χ0) is 29.3. The standard InChI is InChI=1S/C17H27N3O17P2/c1-6(22)18-10-13(26)11(24)7(4-21)35-16(10)36-39(32,37-38(29,30)31)33-5-8-12(25)14(27)15(34-8)20-3-2-9(23)19-17(20)28/h2-3,7-8,10-16,21,24-27H,4-5H2,1H3,(H,18,22)(H,19,23,28)(H2,29,30,31)/t7-,8-,10-,11-,12-,13-,14-,15-,16?,39?/m1/s1. The fourth-order valence-corrected chi connectivity index (χ4v) is 5.99. The van der Waals surface area contributed by atoms with Gasteiger partial charge in [0, 0.05) is 19.2 Å². The molecule has 0 bridgehead atoms. The van der Waals surface area contributed by atoms with Crippen molar-refractivity contribution < 1.29 is 72.1 Å². The number of carbonyl (C=O) groups is 1. The average Bonchev–Trinajstić information content (AvgIpc) is 3.09. The molecule has 222 valence electrons. The molecule has 1 aromatic rings. The quantitative estimate of drug-likeness (QED) is 0.113. The molecular formula is C17H27N3O17P2. The first-order valence-corrected chi connectivity index (χ1v) is 14.0. The maximum Gasteiger partial charge on any atom is 0.486 e. The van der Waals surface area contributed by atoms with Gasteiger partial charge >= 0.3 is 21.3 Å². The molecule has 2 aliphatic heterocycles. The number of aromatic nitrogens is 2. The van der Waals surface area contributed by atoms with Gasteiger partial charge in [0.15, 0.2) is 12.5 Å². The minimum absolute atomic E-state index is 0.715. The second kappa shape index (κ2) is 12.3. The van der Waals surface area contributed by atoms with E-state index in [0.717, 1.165) is 19.2 Å². The predicted octanol–water partition coefficient (Wildman–Crippen LogP) is -4.65. The van der Waals surface area contributed by atoms with Gasteiger partial charge in [0.1, 0.15) is 42.7 Å². The monoisotopic (exact) mass is 607 g/mol. The van der Waals surface area contributed by atoms with E-state index in [4.69, 9.17) is 18.5 Å². The number of aliphatic hydroxyl groups excluding tert-OH is 5. The van der Waals surface area contributed by atoms with E-state index in [1.165, 1.54) is 0 Å². The van der Waals surface area contributed by atoms with Crippen molar-refractivity contribution >= 4 is 21.6 Å². The molecule has 3 heterocycles. The second-order valence-electron chi connectivity index (χ2n) is 8.42. The first-order valence-electron chi connectivity index (χ1n) is 11.0. The van der Waals surface area contributed by atoms with Gasteiger partial charge in [0.05, 0.1) is 13.2 Å². The minimum Gasteiger partial charge on any atom is -0.394 e. The van der Waals surface area contributed by atoms with Crippen LogP contribution in [0.3, 0.4) is 0 Å². The van der Waals surface area contributed by atoms with Crippen LogP contribution in [-0.2, 0) is 36.8 Å². The molecule has 0 saturated carbocycles. The largest absolute Gasteiger partial charge is 0.486 e. The lowest BCUT2D eigenvalue weighted by atomic mass is 9.97. The van der Waals surface area contributed by atoms with Gasteiger partial charge in [-0.15, -0.1) is 0 Å². The molecule has 2 saturated heterocycles. The highest BCUT2D eigenvalue weighted by Gasteiger charge is 2.51. The number of hydrogen-bond donors (Lipinski definition) is 9. The van der Waals surface area contributed by atoms with E-state index in [1.807, 2.05) is 4.98 Å². The summed E-state index contributed by atoms with van der Waals surface area (Å²) in [6.45, 7) is -0.984. The normalized spacial score (nSPS) is 34.9. The Bertz CT molecular complexity index is 1230. The molecule has 1 amide bonds. The van der Waals surface area contributed by atoms with Crippen molar-refractivity contribution in [1.82, 2.24) is 14.9 Å². The summed E-state index contributed by atoms with van der Waals surface area (Å²) in [7, 11) is -11.1. The Morgan fingerprint density at radius 2 is 1.72 bits per heavy atom. The third kappa shape index (κ3) is 7.66. The summed E-state index contributed by atoms with van der Waals surface area (Å²) in [4.78, 5) is 55.3. The number of amides is 1. The van der Waals surface area contributed by atoms with E-state index in [-0.39, 0.29) is 0 Å². The lowest BCUT2D eigenvalue weighted by molar-refractivity contribution is -0.248. The number of H-pyrrole nitrogens is 1. The molecule has 22 heteroatoms. The number of nitrogens with zero attached hydrogens (tertiary/aromatic N) is 1. The highest BCUT2D eigenvalue weighted by atomic mass is 31.3. The molecule has 2 unspecified atom stereocenters. The highest BCUT2D eigenvalue weighted by Crippen LogP contribution is 2.62. The molecule has 10 atom stereocenters. The summed E-state index contributed by atoms with van der Waals surface area (Å²) >= 11 is 0. The fraction of sp³-hybridized carbons (Fsp3) is 0.706. The summed E-state index contributed by atoms with van der Waals surface area (Å²) in [6, 6.07) is -0.797. The van der Waals surface area contributed by atoms with Crippen molar-refractivity contribution in [3.8, 4) is 0 Å². The maximum absolute atomic E-state index is 13.2. The van der Waals surface area contributed by atoms with Crippen LogP contribution in [0.1, 0.15) is 13.2 Å². The molecule has 9 N–H and O–H groups in total. The lowest BCUT2D eigenvalue weighted by Gasteiger charge is -2.42. The Hall–Kier alpha value is -1.87. The summed E-state index contributed by atoms with van der Waals surface area (Å²) in [5, 5.41) is 52.6. The average molecular weight is 607 g/mol. The van der Waals surface area contributed by atoms with Gasteiger partial charge in [-0.05, 0) is 0 Å². The second-order valence-corrected chi connectivity index (χ2v) is 11.4. The molecule has 0 aromatic carbocycles. The van der Waals surface area contributed by atoms with Crippen molar-refractivity contribution in [3.05, 3.63) is 33.1 Å². The first-order chi connectivity index (χ1) is 18.0. The molecule has 2 aliphatic rings. The number of aromatic amines is 1. The highest BCUT2D eigenvalue weighted by molar-refractivity contribution is 7.61. The summed E-state index contributed by atoms with van der Waals surface area (Å²) in [5.74, 6) is -0.808. The van der Waals surface area contributed by atoms with E-state index in [1.54, 1.807) is 0 Å². The fourth-order valence-electron chi connectivity index (χ4n) is 3.78. The molecular weight excluding hydrogens is 580 g/mol. The molecule has 39 heavy (non-hydrogen) atoms. The number of nitrogens with one attached hydrogen (secondary N) is 2. The summed E-state index contributed by atoms with van der Waals surface area (Å²) < 4.78 is 50.1. The van der Waals surface area contributed by atoms with Crippen LogP contribution in [0.25, 0.3) is 0 Å². The Morgan fingerprint density at radius 1 is 1.08 bits per heavy atom. The minimum atomic E-state index is -5.66. The SMILES string of the molecule is CC(=O)N[C@H]1C(OP(=O)(OC[C@H]2O[C@@H](n3ccc(=O)[nH]c3=O)[C@H](O)[C@@H]2O)OP(=O)(O)O)O[C@H](CO)[C@@H](O)[C@@H]1O. The van der Waals surface area contributed by atoms with E-state index in [2.05, 4.69) is 9.63 Å². The molecule has 0 spiro atoms.